The predicted octanol–water partition coefficient (Wildman–Crippen LogP) is 1.30. The van der Waals surface area contributed by atoms with E-state index in [0.717, 1.165) is 31.7 Å². The molecule has 0 aliphatic carbocycles. The maximum atomic E-state index is 12.1. The Balaban J connectivity index is 1.88. The van der Waals surface area contributed by atoms with Crippen LogP contribution >= 0.6 is 0 Å². The van der Waals surface area contributed by atoms with Gasteiger partial charge in [-0.3, -0.25) is 14.7 Å². The van der Waals surface area contributed by atoms with Gasteiger partial charge in [-0.05, 0) is 25.1 Å². The summed E-state index contributed by atoms with van der Waals surface area (Å²) < 4.78 is 5.57. The summed E-state index contributed by atoms with van der Waals surface area (Å²) >= 11 is 0. The molecule has 1 unspecified atom stereocenters. The summed E-state index contributed by atoms with van der Waals surface area (Å²) in [5.41, 5.74) is 0.818. The molecule has 4 heteroatoms. The topological polar surface area (TPSA) is 42.4 Å². The number of aromatic nitrogens is 1. The zero-order valence-electron chi connectivity index (χ0n) is 10.8. The van der Waals surface area contributed by atoms with Crippen molar-refractivity contribution in [3.63, 3.8) is 0 Å². The molecular weight excluding hydrogens is 228 g/mol. The van der Waals surface area contributed by atoms with Crippen molar-refractivity contribution >= 4 is 5.78 Å². The van der Waals surface area contributed by atoms with E-state index < -0.39 is 0 Å². The van der Waals surface area contributed by atoms with Crippen LogP contribution in [0.4, 0.5) is 0 Å². The van der Waals surface area contributed by atoms with Gasteiger partial charge in [-0.2, -0.15) is 0 Å². The quantitative estimate of drug-likeness (QED) is 0.788. The van der Waals surface area contributed by atoms with Gasteiger partial charge in [0.15, 0.2) is 5.78 Å². The lowest BCUT2D eigenvalue weighted by Gasteiger charge is -2.31. The fourth-order valence-corrected chi connectivity index (χ4v) is 2.21. The molecule has 1 fully saturated rings. The Morgan fingerprint density at radius 1 is 1.56 bits per heavy atom. The molecule has 0 spiro atoms. The zero-order valence-corrected chi connectivity index (χ0v) is 10.8. The summed E-state index contributed by atoms with van der Waals surface area (Å²) in [6.45, 7) is 5.50. The maximum absolute atomic E-state index is 12.1. The van der Waals surface area contributed by atoms with E-state index in [4.69, 9.17) is 4.74 Å². The van der Waals surface area contributed by atoms with Crippen molar-refractivity contribution in [3.05, 3.63) is 30.1 Å². The van der Waals surface area contributed by atoms with E-state index in [9.17, 15) is 4.79 Å². The van der Waals surface area contributed by atoms with Crippen LogP contribution in [0.2, 0.25) is 0 Å². The summed E-state index contributed by atoms with van der Waals surface area (Å²) in [4.78, 5) is 18.6. The fourth-order valence-electron chi connectivity index (χ4n) is 2.21. The minimum atomic E-state index is -0.285. The monoisotopic (exact) mass is 248 g/mol. The van der Waals surface area contributed by atoms with Crippen molar-refractivity contribution < 1.29 is 9.53 Å². The molecule has 0 aromatic carbocycles. The van der Waals surface area contributed by atoms with Gasteiger partial charge in [0.2, 0.25) is 0 Å². The van der Waals surface area contributed by atoms with Crippen LogP contribution in [0.25, 0.3) is 0 Å². The highest BCUT2D eigenvalue weighted by atomic mass is 16.5. The molecule has 0 N–H and O–H groups in total. The Labute approximate surface area is 108 Å². The molecule has 0 amide bonds. The van der Waals surface area contributed by atoms with E-state index in [1.165, 1.54) is 0 Å². The van der Waals surface area contributed by atoms with Crippen LogP contribution in [0.5, 0.6) is 0 Å². The highest BCUT2D eigenvalue weighted by Gasteiger charge is 2.26. The van der Waals surface area contributed by atoms with E-state index in [-0.39, 0.29) is 11.9 Å². The summed E-state index contributed by atoms with van der Waals surface area (Å²) in [6.07, 6.45) is 2.91. The largest absolute Gasteiger partial charge is 0.368 e. The van der Waals surface area contributed by atoms with Gasteiger partial charge in [0.1, 0.15) is 6.10 Å². The van der Waals surface area contributed by atoms with Crippen LogP contribution in [-0.2, 0) is 16.0 Å². The normalized spacial score (nSPS) is 20.8. The molecule has 1 aliphatic rings. The van der Waals surface area contributed by atoms with Gasteiger partial charge in [-0.25, -0.2) is 0 Å². The third kappa shape index (κ3) is 3.62. The lowest BCUT2D eigenvalue weighted by atomic mass is 10.1. The van der Waals surface area contributed by atoms with Crippen LogP contribution in [0, 0.1) is 0 Å². The molecule has 1 aromatic rings. The van der Waals surface area contributed by atoms with Crippen molar-refractivity contribution in [3.8, 4) is 0 Å². The summed E-state index contributed by atoms with van der Waals surface area (Å²) in [6, 6.07) is 5.64. The van der Waals surface area contributed by atoms with Crippen LogP contribution in [0.15, 0.2) is 24.4 Å². The van der Waals surface area contributed by atoms with Crippen molar-refractivity contribution in [2.24, 2.45) is 0 Å². The number of morpholine rings is 1. The Bertz CT molecular complexity index is 379. The Hall–Kier alpha value is -1.26. The van der Waals surface area contributed by atoms with Crippen LogP contribution in [0.3, 0.4) is 0 Å². The highest BCUT2D eigenvalue weighted by Crippen LogP contribution is 2.09. The van der Waals surface area contributed by atoms with E-state index in [1.807, 2.05) is 18.2 Å². The molecule has 18 heavy (non-hydrogen) atoms. The first-order valence-corrected chi connectivity index (χ1v) is 6.56. The first-order valence-electron chi connectivity index (χ1n) is 6.56. The standard InChI is InChI=1S/C14H20N2O2/c1-2-7-16-8-9-18-14(11-16)13(17)10-12-5-3-4-6-15-12/h3-6,14H,2,7-11H2,1H3. The first kappa shape index (κ1) is 13.2. The average molecular weight is 248 g/mol. The van der Waals surface area contributed by atoms with Gasteiger partial charge < -0.3 is 4.74 Å². The number of hydrogen-bond acceptors (Lipinski definition) is 4. The second-order valence-corrected chi connectivity index (χ2v) is 4.62. The second-order valence-electron chi connectivity index (χ2n) is 4.62. The third-order valence-electron chi connectivity index (χ3n) is 3.13. The van der Waals surface area contributed by atoms with E-state index >= 15 is 0 Å². The van der Waals surface area contributed by atoms with Crippen LogP contribution < -0.4 is 0 Å². The molecule has 0 saturated carbocycles. The first-order chi connectivity index (χ1) is 8.79. The average Bonchev–Trinajstić information content (AvgIpc) is 2.40. The number of carbonyl (C=O) groups is 1. The number of carbonyl (C=O) groups excluding carboxylic acids is 1. The van der Waals surface area contributed by atoms with Gasteiger partial charge in [0.05, 0.1) is 13.0 Å². The van der Waals surface area contributed by atoms with Gasteiger partial charge >= 0.3 is 0 Å². The number of Topliss-reactive ketones (excluding diaryl/α,β-unsaturated/α-hetero) is 1. The highest BCUT2D eigenvalue weighted by molar-refractivity contribution is 5.85. The molecule has 98 valence electrons. The van der Waals surface area contributed by atoms with Crippen molar-refractivity contribution in [2.75, 3.05) is 26.2 Å². The molecular formula is C14H20N2O2. The smallest absolute Gasteiger partial charge is 0.168 e. The maximum Gasteiger partial charge on any atom is 0.168 e. The lowest BCUT2D eigenvalue weighted by molar-refractivity contribution is -0.135. The van der Waals surface area contributed by atoms with Gasteiger partial charge in [-0.1, -0.05) is 13.0 Å². The molecule has 0 radical (unpaired) electrons. The molecule has 1 atom stereocenters. The van der Waals surface area contributed by atoms with Crippen LogP contribution in [0.1, 0.15) is 19.0 Å². The zero-order chi connectivity index (χ0) is 12.8. The predicted molar refractivity (Wildman–Crippen MR) is 69.4 cm³/mol. The Kier molecular flexibility index (Phi) is 4.84. The molecule has 1 aromatic heterocycles. The number of ketones is 1. The number of rotatable bonds is 5. The minimum Gasteiger partial charge on any atom is -0.368 e. The summed E-state index contributed by atoms with van der Waals surface area (Å²) in [7, 11) is 0. The molecule has 2 rings (SSSR count). The lowest BCUT2D eigenvalue weighted by Crippen LogP contribution is -2.46. The van der Waals surface area contributed by atoms with Gasteiger partial charge in [-0.15, -0.1) is 0 Å². The van der Waals surface area contributed by atoms with Crippen LogP contribution in [-0.4, -0.2) is 48.0 Å². The van der Waals surface area contributed by atoms with E-state index in [1.54, 1.807) is 6.20 Å². The summed E-state index contributed by atoms with van der Waals surface area (Å²) in [5, 5.41) is 0. The minimum absolute atomic E-state index is 0.134. The molecule has 4 nitrogen and oxygen atoms in total. The Morgan fingerprint density at radius 3 is 3.17 bits per heavy atom. The second kappa shape index (κ2) is 6.61. The van der Waals surface area contributed by atoms with Crippen molar-refractivity contribution in [2.45, 2.75) is 25.9 Å². The Morgan fingerprint density at radius 2 is 2.44 bits per heavy atom. The van der Waals surface area contributed by atoms with E-state index in [0.29, 0.717) is 13.0 Å². The van der Waals surface area contributed by atoms with Crippen molar-refractivity contribution in [1.29, 1.82) is 0 Å². The number of hydrogen-bond donors (Lipinski definition) is 0. The van der Waals surface area contributed by atoms with E-state index in [2.05, 4.69) is 16.8 Å². The number of ether oxygens (including phenoxy) is 1. The molecule has 2 heterocycles. The fraction of sp³-hybridized carbons (Fsp3) is 0.571. The number of pyridine rings is 1. The van der Waals surface area contributed by atoms with Gasteiger partial charge in [0, 0.05) is 25.0 Å². The third-order valence-corrected chi connectivity index (χ3v) is 3.13. The summed E-state index contributed by atoms with van der Waals surface area (Å²) in [5.74, 6) is 0.134. The van der Waals surface area contributed by atoms with Gasteiger partial charge in [0.25, 0.3) is 0 Å². The molecule has 1 saturated heterocycles. The SMILES string of the molecule is CCCN1CCOC(C(=O)Cc2ccccn2)C1. The molecule has 0 bridgehead atoms. The molecule has 1 aliphatic heterocycles. The van der Waals surface area contributed by atoms with Crippen molar-refractivity contribution in [1.82, 2.24) is 9.88 Å². The number of nitrogens with zero attached hydrogens (tertiary/aromatic N) is 2.